The molecule has 0 saturated heterocycles. The molecule has 0 saturated carbocycles. The van der Waals surface area contributed by atoms with Crippen LogP contribution in [0.4, 0.5) is 0 Å². The van der Waals surface area contributed by atoms with Crippen molar-refractivity contribution in [2.45, 2.75) is 19.9 Å². The van der Waals surface area contributed by atoms with Crippen LogP contribution in [-0.4, -0.2) is 18.5 Å². The zero-order chi connectivity index (χ0) is 12.3. The standard InChI is InChI=1S/C10H14Br2N2OS/c1-5(2)7(4-13)14-10(15)8-3-6(11)9(12)16-8/h3,5,7H,4,13H2,1-2H3,(H,14,15). The first-order chi connectivity index (χ1) is 7.45. The van der Waals surface area contributed by atoms with Crippen LogP contribution in [0.25, 0.3) is 0 Å². The molecule has 3 nitrogen and oxygen atoms in total. The largest absolute Gasteiger partial charge is 0.347 e. The number of nitrogens with two attached hydrogens (primary N) is 1. The normalized spacial score (nSPS) is 12.9. The van der Waals surface area contributed by atoms with Crippen molar-refractivity contribution in [3.63, 3.8) is 0 Å². The molecule has 0 fully saturated rings. The molecule has 0 aliphatic heterocycles. The summed E-state index contributed by atoms with van der Waals surface area (Å²) < 4.78 is 1.82. The van der Waals surface area contributed by atoms with Crippen LogP contribution in [0.15, 0.2) is 14.3 Å². The smallest absolute Gasteiger partial charge is 0.261 e. The van der Waals surface area contributed by atoms with E-state index in [0.717, 1.165) is 8.26 Å². The Balaban J connectivity index is 2.71. The van der Waals surface area contributed by atoms with Crippen molar-refractivity contribution in [2.24, 2.45) is 11.7 Å². The van der Waals surface area contributed by atoms with Gasteiger partial charge in [-0.3, -0.25) is 4.79 Å². The third-order valence-corrected chi connectivity index (χ3v) is 5.50. The number of carbonyl (C=O) groups is 1. The first-order valence-electron chi connectivity index (χ1n) is 4.91. The van der Waals surface area contributed by atoms with Crippen molar-refractivity contribution in [1.29, 1.82) is 0 Å². The molecule has 0 aliphatic carbocycles. The maximum absolute atomic E-state index is 11.9. The van der Waals surface area contributed by atoms with Gasteiger partial charge in [-0.1, -0.05) is 13.8 Å². The SMILES string of the molecule is CC(C)C(CN)NC(=O)c1cc(Br)c(Br)s1. The quantitative estimate of drug-likeness (QED) is 0.857. The van der Waals surface area contributed by atoms with Gasteiger partial charge in [0.2, 0.25) is 0 Å². The topological polar surface area (TPSA) is 55.1 Å². The molecular weight excluding hydrogens is 356 g/mol. The minimum atomic E-state index is -0.0689. The molecule has 0 radical (unpaired) electrons. The van der Waals surface area contributed by atoms with Crippen molar-refractivity contribution in [3.05, 3.63) is 19.2 Å². The lowest BCUT2D eigenvalue weighted by atomic mass is 10.0. The average molecular weight is 370 g/mol. The monoisotopic (exact) mass is 368 g/mol. The second-order valence-corrected chi connectivity index (χ2v) is 7.02. The lowest BCUT2D eigenvalue weighted by molar-refractivity contribution is 0.0932. The maximum Gasteiger partial charge on any atom is 0.261 e. The van der Waals surface area contributed by atoms with Crippen molar-refractivity contribution in [2.75, 3.05) is 6.54 Å². The summed E-state index contributed by atoms with van der Waals surface area (Å²) in [4.78, 5) is 12.6. The maximum atomic E-state index is 11.9. The zero-order valence-electron chi connectivity index (χ0n) is 9.09. The van der Waals surface area contributed by atoms with Crippen LogP contribution in [0.3, 0.4) is 0 Å². The van der Waals surface area contributed by atoms with Crippen molar-refractivity contribution in [3.8, 4) is 0 Å². The van der Waals surface area contributed by atoms with E-state index in [9.17, 15) is 4.79 Å². The Labute approximate surface area is 116 Å². The third kappa shape index (κ3) is 3.55. The summed E-state index contributed by atoms with van der Waals surface area (Å²) in [5.74, 6) is 0.265. The predicted octanol–water partition coefficient (Wildman–Crippen LogP) is 2.99. The molecule has 6 heteroatoms. The summed E-state index contributed by atoms with van der Waals surface area (Å²) >= 11 is 8.12. The first-order valence-corrected chi connectivity index (χ1v) is 7.31. The Kier molecular flexibility index (Phi) is 5.43. The molecule has 0 bridgehead atoms. The Morgan fingerprint density at radius 1 is 1.56 bits per heavy atom. The van der Waals surface area contributed by atoms with Gasteiger partial charge in [-0.15, -0.1) is 11.3 Å². The van der Waals surface area contributed by atoms with Gasteiger partial charge in [0.05, 0.1) is 8.66 Å². The van der Waals surface area contributed by atoms with Crippen LogP contribution < -0.4 is 11.1 Å². The molecule has 1 aromatic heterocycles. The van der Waals surface area contributed by atoms with Crippen molar-refractivity contribution >= 4 is 49.1 Å². The minimum absolute atomic E-state index is 0.0205. The lowest BCUT2D eigenvalue weighted by Crippen LogP contribution is -2.43. The molecule has 1 heterocycles. The molecule has 0 spiro atoms. The highest BCUT2D eigenvalue weighted by atomic mass is 79.9. The number of amides is 1. The van der Waals surface area contributed by atoms with Crippen LogP contribution in [-0.2, 0) is 0 Å². The van der Waals surface area contributed by atoms with E-state index < -0.39 is 0 Å². The molecular formula is C10H14Br2N2OS. The Morgan fingerprint density at radius 3 is 2.56 bits per heavy atom. The van der Waals surface area contributed by atoms with Crippen LogP contribution in [0.5, 0.6) is 0 Å². The van der Waals surface area contributed by atoms with E-state index in [2.05, 4.69) is 37.2 Å². The summed E-state index contributed by atoms with van der Waals surface area (Å²) in [6.07, 6.45) is 0. The zero-order valence-corrected chi connectivity index (χ0v) is 13.1. The van der Waals surface area contributed by atoms with Gasteiger partial charge in [-0.05, 0) is 43.8 Å². The minimum Gasteiger partial charge on any atom is -0.347 e. The third-order valence-electron chi connectivity index (χ3n) is 2.24. The molecule has 1 rings (SSSR count). The molecule has 1 amide bonds. The molecule has 0 aliphatic rings. The lowest BCUT2D eigenvalue weighted by Gasteiger charge is -2.19. The number of hydrogen-bond acceptors (Lipinski definition) is 3. The number of carbonyl (C=O) groups excluding carboxylic acids is 1. The van der Waals surface area contributed by atoms with Crippen molar-refractivity contribution < 1.29 is 4.79 Å². The molecule has 1 unspecified atom stereocenters. The Bertz CT molecular complexity index is 359. The molecule has 16 heavy (non-hydrogen) atoms. The van der Waals surface area contributed by atoms with E-state index in [-0.39, 0.29) is 11.9 Å². The number of thiophene rings is 1. The van der Waals surface area contributed by atoms with E-state index in [1.54, 1.807) is 6.07 Å². The number of rotatable bonds is 4. The fourth-order valence-corrected chi connectivity index (χ4v) is 3.13. The summed E-state index contributed by atoms with van der Waals surface area (Å²) in [6, 6.07) is 1.82. The molecule has 0 aromatic carbocycles. The molecule has 3 N–H and O–H groups in total. The summed E-state index contributed by atoms with van der Waals surface area (Å²) in [7, 11) is 0. The molecule has 1 atom stereocenters. The highest BCUT2D eigenvalue weighted by Gasteiger charge is 2.17. The average Bonchev–Trinajstić information content (AvgIpc) is 2.55. The molecule has 1 aromatic rings. The second-order valence-electron chi connectivity index (χ2n) is 3.79. The summed E-state index contributed by atoms with van der Waals surface area (Å²) in [5.41, 5.74) is 5.61. The summed E-state index contributed by atoms with van der Waals surface area (Å²) in [6.45, 7) is 4.53. The van der Waals surface area contributed by atoms with Gasteiger partial charge in [0.15, 0.2) is 0 Å². The summed E-state index contributed by atoms with van der Waals surface area (Å²) in [5, 5.41) is 2.93. The van der Waals surface area contributed by atoms with Crippen LogP contribution >= 0.6 is 43.2 Å². The van der Waals surface area contributed by atoms with Gasteiger partial charge in [-0.2, -0.15) is 0 Å². The van der Waals surface area contributed by atoms with Crippen LogP contribution in [0.2, 0.25) is 0 Å². The van der Waals surface area contributed by atoms with Gasteiger partial charge in [-0.25, -0.2) is 0 Å². The fraction of sp³-hybridized carbons (Fsp3) is 0.500. The van der Waals surface area contributed by atoms with Crippen LogP contribution in [0, 0.1) is 5.92 Å². The van der Waals surface area contributed by atoms with Gasteiger partial charge in [0.1, 0.15) is 0 Å². The van der Waals surface area contributed by atoms with E-state index in [4.69, 9.17) is 5.73 Å². The number of nitrogens with one attached hydrogen (secondary N) is 1. The number of hydrogen-bond donors (Lipinski definition) is 2. The van der Waals surface area contributed by atoms with Crippen molar-refractivity contribution in [1.82, 2.24) is 5.32 Å². The number of halogens is 2. The van der Waals surface area contributed by atoms with Gasteiger partial charge >= 0.3 is 0 Å². The van der Waals surface area contributed by atoms with Gasteiger partial charge < -0.3 is 11.1 Å². The van der Waals surface area contributed by atoms with E-state index >= 15 is 0 Å². The highest BCUT2D eigenvalue weighted by molar-refractivity contribution is 9.13. The highest BCUT2D eigenvalue weighted by Crippen LogP contribution is 2.32. The fourth-order valence-electron chi connectivity index (χ4n) is 1.20. The molecule has 90 valence electrons. The van der Waals surface area contributed by atoms with Gasteiger partial charge in [0.25, 0.3) is 5.91 Å². The van der Waals surface area contributed by atoms with E-state index in [1.165, 1.54) is 11.3 Å². The Hall–Kier alpha value is 0.0900. The first kappa shape index (κ1) is 14.2. The van der Waals surface area contributed by atoms with Gasteiger partial charge in [0, 0.05) is 17.1 Å². The second kappa shape index (κ2) is 6.14. The van der Waals surface area contributed by atoms with E-state index in [1.807, 2.05) is 13.8 Å². The Morgan fingerprint density at radius 2 is 2.19 bits per heavy atom. The van der Waals surface area contributed by atoms with Crippen LogP contribution in [0.1, 0.15) is 23.5 Å². The predicted molar refractivity (Wildman–Crippen MR) is 74.9 cm³/mol. The van der Waals surface area contributed by atoms with E-state index in [0.29, 0.717) is 17.3 Å².